The fourth-order valence-corrected chi connectivity index (χ4v) is 3.24. The molecular formula is C22H21N5O4. The van der Waals surface area contributed by atoms with Gasteiger partial charge in [0.05, 0.1) is 17.4 Å². The molecule has 0 fully saturated rings. The molecule has 0 saturated carbocycles. The predicted octanol–water partition coefficient (Wildman–Crippen LogP) is 2.24. The van der Waals surface area contributed by atoms with E-state index in [1.54, 1.807) is 54.2 Å². The predicted molar refractivity (Wildman–Crippen MR) is 117 cm³/mol. The number of ether oxygens (including phenoxy) is 1. The van der Waals surface area contributed by atoms with Crippen molar-refractivity contribution in [1.82, 2.24) is 19.3 Å². The number of aromatic nitrogens is 4. The molecule has 0 aliphatic heterocycles. The van der Waals surface area contributed by atoms with E-state index in [2.05, 4.69) is 15.4 Å². The first-order valence-electron chi connectivity index (χ1n) is 9.83. The molecular weight excluding hydrogens is 398 g/mol. The Labute approximate surface area is 176 Å². The molecule has 2 heterocycles. The highest BCUT2D eigenvalue weighted by Crippen LogP contribution is 2.19. The van der Waals surface area contributed by atoms with E-state index in [0.29, 0.717) is 41.1 Å². The average Bonchev–Trinajstić information content (AvgIpc) is 3.27. The molecule has 2 aromatic carbocycles. The molecule has 0 atom stereocenters. The van der Waals surface area contributed by atoms with E-state index >= 15 is 0 Å². The van der Waals surface area contributed by atoms with E-state index in [0.717, 1.165) is 4.57 Å². The first kappa shape index (κ1) is 20.1. The maximum Gasteiger partial charge on any atom is 0.328 e. The third-order valence-electron chi connectivity index (χ3n) is 4.80. The maximum atomic E-state index is 12.7. The van der Waals surface area contributed by atoms with Gasteiger partial charge in [-0.25, -0.2) is 4.79 Å². The number of nitrogens with one attached hydrogen (secondary N) is 2. The minimum absolute atomic E-state index is 0.271. The van der Waals surface area contributed by atoms with E-state index in [9.17, 15) is 14.4 Å². The first-order chi connectivity index (χ1) is 15.0. The zero-order valence-electron chi connectivity index (χ0n) is 16.9. The number of anilines is 1. The second-order valence-electron chi connectivity index (χ2n) is 6.84. The van der Waals surface area contributed by atoms with Crippen molar-refractivity contribution in [2.75, 3.05) is 11.9 Å². The van der Waals surface area contributed by atoms with Crippen molar-refractivity contribution in [3.63, 3.8) is 0 Å². The van der Waals surface area contributed by atoms with Gasteiger partial charge in [0.1, 0.15) is 12.4 Å². The van der Waals surface area contributed by atoms with Crippen LogP contribution in [-0.2, 0) is 13.1 Å². The SMILES string of the molecule is CCn1c(=O)[nH]c2cc(C(=O)Nc3cccc(OCCn4cccn4)c3)ccc2c1=O. The summed E-state index contributed by atoms with van der Waals surface area (Å²) in [6, 6.07) is 13.5. The second-order valence-corrected chi connectivity index (χ2v) is 6.84. The van der Waals surface area contributed by atoms with Gasteiger partial charge in [-0.15, -0.1) is 0 Å². The molecule has 0 bridgehead atoms. The average molecular weight is 419 g/mol. The summed E-state index contributed by atoms with van der Waals surface area (Å²) in [6.45, 7) is 3.04. The number of aromatic amines is 1. The highest BCUT2D eigenvalue weighted by Gasteiger charge is 2.11. The van der Waals surface area contributed by atoms with Gasteiger partial charge in [-0.1, -0.05) is 6.07 Å². The third kappa shape index (κ3) is 4.40. The lowest BCUT2D eigenvalue weighted by Gasteiger charge is -2.10. The van der Waals surface area contributed by atoms with E-state index < -0.39 is 5.69 Å². The Morgan fingerprint density at radius 2 is 2.03 bits per heavy atom. The van der Waals surface area contributed by atoms with E-state index in [1.807, 2.05) is 12.3 Å². The van der Waals surface area contributed by atoms with E-state index in [-0.39, 0.29) is 18.0 Å². The van der Waals surface area contributed by atoms with Crippen LogP contribution >= 0.6 is 0 Å². The largest absolute Gasteiger partial charge is 0.492 e. The summed E-state index contributed by atoms with van der Waals surface area (Å²) in [6.07, 6.45) is 3.56. The Bertz CT molecular complexity index is 1340. The number of H-pyrrole nitrogens is 1. The number of carbonyl (C=O) groups is 1. The standard InChI is InChI=1S/C22H21N5O4/c1-2-27-21(29)18-8-7-15(13-19(18)25-22(27)30)20(28)24-16-5-3-6-17(14-16)31-12-11-26-10-4-9-23-26/h3-10,13-14H,2,11-12H2,1H3,(H,24,28)(H,25,30). The number of amides is 1. The third-order valence-corrected chi connectivity index (χ3v) is 4.80. The molecule has 0 aliphatic rings. The summed E-state index contributed by atoms with van der Waals surface area (Å²) >= 11 is 0. The summed E-state index contributed by atoms with van der Waals surface area (Å²) in [5.74, 6) is 0.254. The van der Waals surface area contributed by atoms with Crippen molar-refractivity contribution >= 4 is 22.5 Å². The fourth-order valence-electron chi connectivity index (χ4n) is 3.24. The van der Waals surface area contributed by atoms with Gasteiger partial charge in [0.25, 0.3) is 11.5 Å². The van der Waals surface area contributed by atoms with Gasteiger partial charge in [-0.3, -0.25) is 18.8 Å². The monoisotopic (exact) mass is 419 g/mol. The second kappa shape index (κ2) is 8.70. The summed E-state index contributed by atoms with van der Waals surface area (Å²) in [4.78, 5) is 39.8. The van der Waals surface area contributed by atoms with Gasteiger partial charge in [0.2, 0.25) is 0 Å². The van der Waals surface area contributed by atoms with Crippen LogP contribution in [0.1, 0.15) is 17.3 Å². The lowest BCUT2D eigenvalue weighted by molar-refractivity contribution is 0.102. The summed E-state index contributed by atoms with van der Waals surface area (Å²) in [7, 11) is 0. The molecule has 4 aromatic rings. The lowest BCUT2D eigenvalue weighted by atomic mass is 10.1. The summed E-state index contributed by atoms with van der Waals surface area (Å²) < 4.78 is 8.60. The molecule has 1 amide bonds. The number of rotatable bonds is 7. The fraction of sp³-hybridized carbons (Fsp3) is 0.182. The van der Waals surface area contributed by atoms with Gasteiger partial charge in [-0.2, -0.15) is 5.10 Å². The molecule has 0 saturated heterocycles. The maximum absolute atomic E-state index is 12.7. The van der Waals surface area contributed by atoms with Crippen molar-refractivity contribution in [1.29, 1.82) is 0 Å². The number of carbonyl (C=O) groups excluding carboxylic acids is 1. The van der Waals surface area contributed by atoms with Crippen LogP contribution in [0.25, 0.3) is 10.9 Å². The molecule has 0 spiro atoms. The van der Waals surface area contributed by atoms with Gasteiger partial charge < -0.3 is 15.0 Å². The lowest BCUT2D eigenvalue weighted by Crippen LogP contribution is -2.34. The Kier molecular flexibility index (Phi) is 5.65. The Balaban J connectivity index is 1.48. The molecule has 4 rings (SSSR count). The van der Waals surface area contributed by atoms with Crippen molar-refractivity contribution in [3.8, 4) is 5.75 Å². The minimum Gasteiger partial charge on any atom is -0.492 e. The Hall–Kier alpha value is -4.14. The highest BCUT2D eigenvalue weighted by molar-refractivity contribution is 6.06. The zero-order valence-corrected chi connectivity index (χ0v) is 16.9. The number of nitrogens with zero attached hydrogens (tertiary/aromatic N) is 3. The minimum atomic E-state index is -0.502. The van der Waals surface area contributed by atoms with Crippen LogP contribution in [0.4, 0.5) is 5.69 Å². The molecule has 2 N–H and O–H groups in total. The summed E-state index contributed by atoms with van der Waals surface area (Å²) in [5.41, 5.74) is 0.326. The summed E-state index contributed by atoms with van der Waals surface area (Å²) in [5, 5.41) is 7.28. The zero-order chi connectivity index (χ0) is 21.8. The number of hydrogen-bond acceptors (Lipinski definition) is 5. The topological polar surface area (TPSA) is 111 Å². The van der Waals surface area contributed by atoms with Gasteiger partial charge in [0, 0.05) is 36.3 Å². The smallest absolute Gasteiger partial charge is 0.328 e. The molecule has 158 valence electrons. The van der Waals surface area contributed by atoms with E-state index in [1.165, 1.54) is 6.07 Å². The van der Waals surface area contributed by atoms with Gasteiger partial charge in [-0.05, 0) is 43.3 Å². The molecule has 0 radical (unpaired) electrons. The van der Waals surface area contributed by atoms with Crippen molar-refractivity contribution < 1.29 is 9.53 Å². The van der Waals surface area contributed by atoms with E-state index in [4.69, 9.17) is 4.74 Å². The molecule has 9 nitrogen and oxygen atoms in total. The molecule has 2 aromatic heterocycles. The van der Waals surface area contributed by atoms with Gasteiger partial charge >= 0.3 is 5.69 Å². The Morgan fingerprint density at radius 1 is 1.16 bits per heavy atom. The van der Waals surface area contributed by atoms with Gasteiger partial charge in [0.15, 0.2) is 0 Å². The van der Waals surface area contributed by atoms with Crippen LogP contribution in [0.15, 0.2) is 70.5 Å². The number of benzene rings is 2. The Morgan fingerprint density at radius 3 is 2.81 bits per heavy atom. The normalized spacial score (nSPS) is 10.9. The molecule has 0 unspecified atom stereocenters. The van der Waals surface area contributed by atoms with Crippen LogP contribution in [0.2, 0.25) is 0 Å². The molecule has 0 aliphatic carbocycles. The van der Waals surface area contributed by atoms with Crippen LogP contribution in [0.3, 0.4) is 0 Å². The van der Waals surface area contributed by atoms with Crippen molar-refractivity contribution in [3.05, 3.63) is 87.3 Å². The van der Waals surface area contributed by atoms with Crippen LogP contribution in [0.5, 0.6) is 5.75 Å². The van der Waals surface area contributed by atoms with Crippen molar-refractivity contribution in [2.24, 2.45) is 0 Å². The molecule has 9 heteroatoms. The number of fused-ring (bicyclic) bond motifs is 1. The quantitative estimate of drug-likeness (QED) is 0.477. The van der Waals surface area contributed by atoms with Crippen LogP contribution in [-0.4, -0.2) is 31.8 Å². The van der Waals surface area contributed by atoms with Crippen molar-refractivity contribution in [2.45, 2.75) is 20.0 Å². The first-order valence-corrected chi connectivity index (χ1v) is 9.83. The molecule has 31 heavy (non-hydrogen) atoms. The number of hydrogen-bond donors (Lipinski definition) is 2. The van der Waals surface area contributed by atoms with Crippen LogP contribution < -0.4 is 21.3 Å². The highest BCUT2D eigenvalue weighted by atomic mass is 16.5. The van der Waals surface area contributed by atoms with Crippen LogP contribution in [0, 0.1) is 0 Å².